The standard InChI is InChI=1S/C13H19BrN4O.2ClH/c14-11-2-3-12(17-10-11)13(19)16-4-1-7-18-8-5-15-6-9-18;;/h2-3,10,15H,1,4-9H2,(H,16,19);2*1H. The number of carbonyl (C=O) groups excluding carboxylic acids is 1. The third kappa shape index (κ3) is 7.42. The van der Waals surface area contributed by atoms with Gasteiger partial charge in [-0.15, -0.1) is 24.8 Å². The van der Waals surface area contributed by atoms with Crippen molar-refractivity contribution in [2.24, 2.45) is 0 Å². The predicted octanol–water partition coefficient (Wildman–Crippen LogP) is 1.71. The zero-order chi connectivity index (χ0) is 13.5. The van der Waals surface area contributed by atoms with Crippen molar-refractivity contribution >= 4 is 46.7 Å². The van der Waals surface area contributed by atoms with Gasteiger partial charge in [0.05, 0.1) is 0 Å². The normalized spacial score (nSPS) is 14.7. The van der Waals surface area contributed by atoms with Crippen molar-refractivity contribution in [3.8, 4) is 0 Å². The van der Waals surface area contributed by atoms with Crippen LogP contribution in [0, 0.1) is 0 Å². The second-order valence-corrected chi connectivity index (χ2v) is 5.48. The highest BCUT2D eigenvalue weighted by molar-refractivity contribution is 9.10. The van der Waals surface area contributed by atoms with Crippen LogP contribution >= 0.6 is 40.7 Å². The third-order valence-electron chi connectivity index (χ3n) is 3.11. The lowest BCUT2D eigenvalue weighted by atomic mass is 10.3. The fourth-order valence-corrected chi connectivity index (χ4v) is 2.27. The molecule has 1 aromatic rings. The summed E-state index contributed by atoms with van der Waals surface area (Å²) in [4.78, 5) is 18.3. The molecule has 0 atom stereocenters. The summed E-state index contributed by atoms with van der Waals surface area (Å²) in [6.07, 6.45) is 2.61. The second-order valence-electron chi connectivity index (χ2n) is 4.56. The lowest BCUT2D eigenvalue weighted by Crippen LogP contribution is -2.44. The molecule has 21 heavy (non-hydrogen) atoms. The molecule has 1 aliphatic heterocycles. The maximum absolute atomic E-state index is 11.8. The molecule has 8 heteroatoms. The quantitative estimate of drug-likeness (QED) is 0.740. The van der Waals surface area contributed by atoms with Gasteiger partial charge in [0.15, 0.2) is 0 Å². The average Bonchev–Trinajstić information content (AvgIpc) is 2.45. The predicted molar refractivity (Wildman–Crippen MR) is 92.7 cm³/mol. The van der Waals surface area contributed by atoms with Crippen LogP contribution in [0.15, 0.2) is 22.8 Å². The maximum atomic E-state index is 11.8. The van der Waals surface area contributed by atoms with Crippen LogP contribution in [0.5, 0.6) is 0 Å². The fourth-order valence-electron chi connectivity index (χ4n) is 2.04. The van der Waals surface area contributed by atoms with Gasteiger partial charge >= 0.3 is 0 Å². The van der Waals surface area contributed by atoms with Crippen molar-refractivity contribution in [2.75, 3.05) is 39.3 Å². The fraction of sp³-hybridized carbons (Fsp3) is 0.538. The van der Waals surface area contributed by atoms with Crippen LogP contribution in [-0.4, -0.2) is 55.1 Å². The Morgan fingerprint density at radius 1 is 1.33 bits per heavy atom. The first-order valence-electron chi connectivity index (χ1n) is 6.58. The van der Waals surface area contributed by atoms with Crippen LogP contribution in [-0.2, 0) is 0 Å². The van der Waals surface area contributed by atoms with E-state index in [4.69, 9.17) is 0 Å². The largest absolute Gasteiger partial charge is 0.351 e. The molecule has 1 aromatic heterocycles. The molecule has 2 rings (SSSR count). The van der Waals surface area contributed by atoms with Gasteiger partial charge < -0.3 is 15.5 Å². The van der Waals surface area contributed by atoms with Gasteiger partial charge in [-0.3, -0.25) is 4.79 Å². The minimum Gasteiger partial charge on any atom is -0.351 e. The molecule has 120 valence electrons. The van der Waals surface area contributed by atoms with Crippen LogP contribution < -0.4 is 10.6 Å². The molecule has 1 amide bonds. The number of hydrogen-bond donors (Lipinski definition) is 2. The van der Waals surface area contributed by atoms with E-state index < -0.39 is 0 Å². The Kier molecular flexibility index (Phi) is 11.0. The summed E-state index contributed by atoms with van der Waals surface area (Å²) in [5.74, 6) is -0.104. The van der Waals surface area contributed by atoms with Gasteiger partial charge in [0.1, 0.15) is 5.69 Å². The molecule has 0 spiro atoms. The van der Waals surface area contributed by atoms with Gasteiger partial charge in [0.2, 0.25) is 0 Å². The van der Waals surface area contributed by atoms with E-state index in [1.165, 1.54) is 0 Å². The van der Waals surface area contributed by atoms with Gasteiger partial charge in [-0.2, -0.15) is 0 Å². The lowest BCUT2D eigenvalue weighted by Gasteiger charge is -2.27. The molecule has 1 saturated heterocycles. The van der Waals surface area contributed by atoms with Crippen molar-refractivity contribution in [3.63, 3.8) is 0 Å². The second kappa shape index (κ2) is 11.2. The molecule has 0 bridgehead atoms. The number of amides is 1. The molecular weight excluding hydrogens is 379 g/mol. The van der Waals surface area contributed by atoms with Gasteiger partial charge in [0, 0.05) is 43.4 Å². The summed E-state index contributed by atoms with van der Waals surface area (Å²) in [7, 11) is 0. The minimum absolute atomic E-state index is 0. The van der Waals surface area contributed by atoms with E-state index in [0.717, 1.165) is 43.6 Å². The van der Waals surface area contributed by atoms with Crippen LogP contribution in [0.3, 0.4) is 0 Å². The van der Waals surface area contributed by atoms with Crippen LogP contribution in [0.2, 0.25) is 0 Å². The molecule has 1 aliphatic rings. The first-order valence-corrected chi connectivity index (χ1v) is 7.38. The third-order valence-corrected chi connectivity index (χ3v) is 3.58. The highest BCUT2D eigenvalue weighted by Crippen LogP contribution is 2.07. The molecule has 0 radical (unpaired) electrons. The van der Waals surface area contributed by atoms with Crippen molar-refractivity contribution in [3.05, 3.63) is 28.5 Å². The number of rotatable bonds is 5. The average molecular weight is 400 g/mol. The van der Waals surface area contributed by atoms with E-state index in [9.17, 15) is 4.79 Å². The molecule has 5 nitrogen and oxygen atoms in total. The number of aromatic nitrogens is 1. The van der Waals surface area contributed by atoms with E-state index in [1.807, 2.05) is 6.07 Å². The Morgan fingerprint density at radius 3 is 2.67 bits per heavy atom. The van der Waals surface area contributed by atoms with Gasteiger partial charge in [-0.1, -0.05) is 0 Å². The Morgan fingerprint density at radius 2 is 2.05 bits per heavy atom. The van der Waals surface area contributed by atoms with Crippen LogP contribution in [0.1, 0.15) is 16.9 Å². The van der Waals surface area contributed by atoms with E-state index in [-0.39, 0.29) is 30.7 Å². The number of nitrogens with one attached hydrogen (secondary N) is 2. The number of nitrogens with zero attached hydrogens (tertiary/aromatic N) is 2. The van der Waals surface area contributed by atoms with Crippen molar-refractivity contribution in [1.82, 2.24) is 20.5 Å². The van der Waals surface area contributed by atoms with Gasteiger partial charge in [-0.25, -0.2) is 4.98 Å². The molecule has 2 N–H and O–H groups in total. The summed E-state index contributed by atoms with van der Waals surface area (Å²) in [6, 6.07) is 3.54. The summed E-state index contributed by atoms with van der Waals surface area (Å²) >= 11 is 3.30. The van der Waals surface area contributed by atoms with Crippen molar-refractivity contribution in [2.45, 2.75) is 6.42 Å². The molecule has 1 fully saturated rings. The van der Waals surface area contributed by atoms with E-state index in [1.54, 1.807) is 12.3 Å². The van der Waals surface area contributed by atoms with Crippen molar-refractivity contribution < 1.29 is 4.79 Å². The van der Waals surface area contributed by atoms with E-state index in [2.05, 4.69) is 36.4 Å². The summed E-state index contributed by atoms with van der Waals surface area (Å²) < 4.78 is 0.878. The topological polar surface area (TPSA) is 57.3 Å². The molecule has 0 aliphatic carbocycles. The van der Waals surface area contributed by atoms with Gasteiger partial charge in [0.25, 0.3) is 5.91 Å². The number of piperazine rings is 1. The minimum atomic E-state index is -0.104. The summed E-state index contributed by atoms with van der Waals surface area (Å²) in [5.41, 5.74) is 0.463. The Balaban J connectivity index is 0.00000200. The molecule has 2 heterocycles. The van der Waals surface area contributed by atoms with Crippen molar-refractivity contribution in [1.29, 1.82) is 0 Å². The summed E-state index contributed by atoms with van der Waals surface area (Å²) in [6.45, 7) is 6.06. The number of halogens is 3. The highest BCUT2D eigenvalue weighted by atomic mass is 79.9. The zero-order valence-electron chi connectivity index (χ0n) is 11.7. The SMILES string of the molecule is Cl.Cl.O=C(NCCCN1CCNCC1)c1ccc(Br)cn1. The highest BCUT2D eigenvalue weighted by Gasteiger charge is 2.09. The summed E-state index contributed by atoms with van der Waals surface area (Å²) in [5, 5.41) is 6.22. The lowest BCUT2D eigenvalue weighted by molar-refractivity contribution is 0.0946. The molecule has 0 unspecified atom stereocenters. The first kappa shape index (κ1) is 20.6. The number of carbonyl (C=O) groups is 1. The zero-order valence-corrected chi connectivity index (χ0v) is 14.9. The van der Waals surface area contributed by atoms with Crippen LogP contribution in [0.4, 0.5) is 0 Å². The van der Waals surface area contributed by atoms with E-state index >= 15 is 0 Å². The van der Waals surface area contributed by atoms with Gasteiger partial charge in [-0.05, 0) is 41.0 Å². The molecular formula is C13H21BrCl2N4O. The first-order chi connectivity index (χ1) is 9.25. The number of hydrogen-bond acceptors (Lipinski definition) is 4. The Hall–Kier alpha value is -0.400. The monoisotopic (exact) mass is 398 g/mol. The molecule has 0 aromatic carbocycles. The molecule has 0 saturated carbocycles. The number of pyridine rings is 1. The Labute approximate surface area is 146 Å². The van der Waals surface area contributed by atoms with E-state index in [0.29, 0.717) is 12.2 Å². The maximum Gasteiger partial charge on any atom is 0.269 e. The van der Waals surface area contributed by atoms with Crippen LogP contribution in [0.25, 0.3) is 0 Å². The smallest absolute Gasteiger partial charge is 0.269 e. The Bertz CT molecular complexity index is 413.